The van der Waals surface area contributed by atoms with Crippen LogP contribution in [0.4, 0.5) is 0 Å². The van der Waals surface area contributed by atoms with Gasteiger partial charge in [-0.05, 0) is 32.1 Å². The average molecular weight is 550 g/mol. The van der Waals surface area contributed by atoms with E-state index in [-0.39, 0.29) is 30.1 Å². The predicted octanol–water partition coefficient (Wildman–Crippen LogP) is 1.70. The molecule has 0 bridgehead atoms. The van der Waals surface area contributed by atoms with Gasteiger partial charge in [0.1, 0.15) is 12.4 Å². The van der Waals surface area contributed by atoms with Crippen molar-refractivity contribution in [3.8, 4) is 0 Å². The van der Waals surface area contributed by atoms with Gasteiger partial charge in [-0.2, -0.15) is 0 Å². The van der Waals surface area contributed by atoms with Gasteiger partial charge in [0.2, 0.25) is 0 Å². The Morgan fingerprint density at radius 2 is 1.97 bits per heavy atom. The minimum absolute atomic E-state index is 0. The normalized spacial score (nSPS) is 21.2. The number of aliphatic imine (C=N–C) groups is 1. The number of aryl methyl sites for hydroxylation is 1. The molecule has 0 aromatic carbocycles. The first-order valence-electron chi connectivity index (χ1n) is 11.3. The van der Waals surface area contributed by atoms with Crippen molar-refractivity contribution in [3.63, 3.8) is 0 Å². The zero-order valence-corrected chi connectivity index (χ0v) is 21.8. The molecule has 178 valence electrons. The lowest BCUT2D eigenvalue weighted by Gasteiger charge is -2.35. The highest BCUT2D eigenvalue weighted by atomic mass is 127. The van der Waals surface area contributed by atoms with Crippen molar-refractivity contribution < 1.29 is 9.47 Å². The van der Waals surface area contributed by atoms with Crippen LogP contribution >= 0.6 is 24.0 Å². The van der Waals surface area contributed by atoms with E-state index in [9.17, 15) is 0 Å². The van der Waals surface area contributed by atoms with Crippen LogP contribution in [0.1, 0.15) is 44.8 Å². The molecule has 0 amide bonds. The molecule has 2 unspecified atom stereocenters. The van der Waals surface area contributed by atoms with E-state index >= 15 is 0 Å². The van der Waals surface area contributed by atoms with Gasteiger partial charge in [0.05, 0.1) is 19.3 Å². The van der Waals surface area contributed by atoms with Crippen LogP contribution in [0, 0.1) is 12.8 Å². The third-order valence-corrected chi connectivity index (χ3v) is 5.89. The van der Waals surface area contributed by atoms with Crippen LogP contribution in [0.3, 0.4) is 0 Å². The second-order valence-electron chi connectivity index (χ2n) is 8.72. The number of hydrogen-bond acceptors (Lipinski definition) is 6. The third-order valence-electron chi connectivity index (χ3n) is 5.89. The Balaban J connectivity index is 0.00000341. The number of rotatable bonds is 9. The molecule has 2 N–H and O–H groups in total. The van der Waals surface area contributed by atoms with Crippen LogP contribution in [0.2, 0.25) is 0 Å². The van der Waals surface area contributed by atoms with Crippen LogP contribution in [0.25, 0.3) is 0 Å². The third kappa shape index (κ3) is 8.47. The molecule has 1 aromatic heterocycles. The second kappa shape index (κ2) is 13.5. The maximum Gasteiger partial charge on any atom is 0.191 e. The Morgan fingerprint density at radius 3 is 2.58 bits per heavy atom. The Bertz CT molecular complexity index is 671. The van der Waals surface area contributed by atoms with Gasteiger partial charge in [-0.15, -0.1) is 34.2 Å². The molecule has 31 heavy (non-hydrogen) atoms. The van der Waals surface area contributed by atoms with Crippen LogP contribution in [-0.4, -0.2) is 83.8 Å². The first kappa shape index (κ1) is 26.3. The summed E-state index contributed by atoms with van der Waals surface area (Å²) in [5.41, 5.74) is 0. The van der Waals surface area contributed by atoms with Crippen LogP contribution in [-0.2, 0) is 23.1 Å². The van der Waals surface area contributed by atoms with Gasteiger partial charge >= 0.3 is 0 Å². The fourth-order valence-corrected chi connectivity index (χ4v) is 3.99. The summed E-state index contributed by atoms with van der Waals surface area (Å²) >= 11 is 0. The first-order chi connectivity index (χ1) is 14.5. The minimum atomic E-state index is 0. The summed E-state index contributed by atoms with van der Waals surface area (Å²) in [6.45, 7) is 13.1. The minimum Gasteiger partial charge on any atom is -0.379 e. The average Bonchev–Trinajstić information content (AvgIpc) is 3.37. The zero-order valence-electron chi connectivity index (χ0n) is 19.5. The lowest BCUT2D eigenvalue weighted by molar-refractivity contribution is 0.0132. The Kier molecular flexibility index (Phi) is 11.5. The number of halogens is 1. The van der Waals surface area contributed by atoms with E-state index in [0.29, 0.717) is 18.5 Å². The molecular weight excluding hydrogens is 509 g/mol. The topological polar surface area (TPSA) is 88.8 Å². The predicted molar refractivity (Wildman–Crippen MR) is 133 cm³/mol. The number of hydrogen-bond donors (Lipinski definition) is 2. The fourth-order valence-electron chi connectivity index (χ4n) is 3.99. The van der Waals surface area contributed by atoms with E-state index in [4.69, 9.17) is 14.5 Å². The quantitative estimate of drug-likeness (QED) is 0.276. The van der Waals surface area contributed by atoms with Crippen molar-refractivity contribution in [2.75, 3.05) is 46.0 Å². The summed E-state index contributed by atoms with van der Waals surface area (Å²) in [5, 5.41) is 15.4. The van der Waals surface area contributed by atoms with Gasteiger partial charge in [-0.25, -0.2) is 4.99 Å². The van der Waals surface area contributed by atoms with Crippen molar-refractivity contribution in [1.29, 1.82) is 0 Å². The summed E-state index contributed by atoms with van der Waals surface area (Å²) in [6, 6.07) is 0.459. The zero-order chi connectivity index (χ0) is 21.3. The van der Waals surface area contributed by atoms with E-state index in [1.54, 1.807) is 0 Å². The van der Waals surface area contributed by atoms with Gasteiger partial charge in [-0.3, -0.25) is 4.90 Å². The fraction of sp³-hybridized carbons (Fsp3) is 0.857. The molecule has 0 spiro atoms. The standard InChI is InChI=1S/C21H39N7O2.HI/c1-16(2)12-18(28-7-10-29-11-8-28)13-22-21(23-14-19-6-5-9-30-19)24-15-20-26-25-17(3)27(20)4;/h16,18-19H,5-15H2,1-4H3,(H2,22,23,24);1H. The SMILES string of the molecule is Cc1nnc(CN=C(NCC2CCCO2)NCC(CC(C)C)N2CCOCC2)n1C.I. The van der Waals surface area contributed by atoms with Crippen molar-refractivity contribution >= 4 is 29.9 Å². The van der Waals surface area contributed by atoms with Crippen molar-refractivity contribution in [3.05, 3.63) is 11.6 Å². The molecule has 0 radical (unpaired) electrons. The summed E-state index contributed by atoms with van der Waals surface area (Å²) in [5.74, 6) is 3.21. The number of morpholine rings is 1. The Morgan fingerprint density at radius 1 is 1.19 bits per heavy atom. The number of guanidine groups is 1. The highest BCUT2D eigenvalue weighted by Crippen LogP contribution is 2.13. The molecule has 2 aliphatic rings. The first-order valence-corrected chi connectivity index (χ1v) is 11.3. The maximum absolute atomic E-state index is 5.77. The van der Waals surface area contributed by atoms with Gasteiger partial charge in [0.25, 0.3) is 0 Å². The van der Waals surface area contributed by atoms with E-state index in [0.717, 1.165) is 82.9 Å². The smallest absolute Gasteiger partial charge is 0.191 e. The van der Waals surface area contributed by atoms with Crippen molar-refractivity contribution in [2.45, 2.75) is 58.7 Å². The van der Waals surface area contributed by atoms with Crippen LogP contribution in [0.5, 0.6) is 0 Å². The highest BCUT2D eigenvalue weighted by Gasteiger charge is 2.22. The van der Waals surface area contributed by atoms with E-state index < -0.39 is 0 Å². The summed E-state index contributed by atoms with van der Waals surface area (Å²) in [6.07, 6.45) is 3.65. The summed E-state index contributed by atoms with van der Waals surface area (Å²) < 4.78 is 13.3. The number of aromatic nitrogens is 3. The molecule has 3 heterocycles. The second-order valence-corrected chi connectivity index (χ2v) is 8.72. The molecule has 0 saturated carbocycles. The van der Waals surface area contributed by atoms with E-state index in [1.807, 2.05) is 18.5 Å². The number of nitrogens with zero attached hydrogens (tertiary/aromatic N) is 5. The molecule has 10 heteroatoms. The van der Waals surface area contributed by atoms with Crippen molar-refractivity contribution in [1.82, 2.24) is 30.3 Å². The van der Waals surface area contributed by atoms with Gasteiger partial charge in [0.15, 0.2) is 11.8 Å². The van der Waals surface area contributed by atoms with E-state index in [2.05, 4.69) is 39.6 Å². The molecule has 9 nitrogen and oxygen atoms in total. The Hall–Kier alpha value is -0.980. The molecule has 2 fully saturated rings. The molecule has 3 rings (SSSR count). The monoisotopic (exact) mass is 549 g/mol. The molecular formula is C21H40IN7O2. The number of ether oxygens (including phenoxy) is 2. The highest BCUT2D eigenvalue weighted by molar-refractivity contribution is 14.0. The molecule has 2 saturated heterocycles. The van der Waals surface area contributed by atoms with Gasteiger partial charge < -0.3 is 24.7 Å². The summed E-state index contributed by atoms with van der Waals surface area (Å²) in [7, 11) is 1.98. The van der Waals surface area contributed by atoms with Gasteiger partial charge in [-0.1, -0.05) is 13.8 Å². The lowest BCUT2D eigenvalue weighted by Crippen LogP contribution is -2.51. The van der Waals surface area contributed by atoms with Crippen LogP contribution in [0.15, 0.2) is 4.99 Å². The van der Waals surface area contributed by atoms with Crippen molar-refractivity contribution in [2.24, 2.45) is 18.0 Å². The van der Waals surface area contributed by atoms with Gasteiger partial charge in [0, 0.05) is 45.9 Å². The summed E-state index contributed by atoms with van der Waals surface area (Å²) in [4.78, 5) is 7.34. The molecule has 1 aromatic rings. The lowest BCUT2D eigenvalue weighted by atomic mass is 10.0. The Labute approximate surface area is 203 Å². The van der Waals surface area contributed by atoms with Crippen LogP contribution < -0.4 is 10.6 Å². The van der Waals surface area contributed by atoms with E-state index in [1.165, 1.54) is 0 Å². The molecule has 0 aliphatic carbocycles. The molecule has 2 aliphatic heterocycles. The maximum atomic E-state index is 5.77. The largest absolute Gasteiger partial charge is 0.379 e. The number of nitrogens with one attached hydrogen (secondary N) is 2. The molecule has 2 atom stereocenters.